The average molecular weight is 570 g/mol. The summed E-state index contributed by atoms with van der Waals surface area (Å²) in [6.45, 7) is 1.46. The number of halogens is 2. The number of nitrogens with one attached hydrogen (secondary N) is 1. The largest absolute Gasteiger partial charge is 0.383 e. The van der Waals surface area contributed by atoms with Gasteiger partial charge in [-0.2, -0.15) is 14.7 Å². The van der Waals surface area contributed by atoms with Crippen LogP contribution in [0.1, 0.15) is 65.2 Å². The number of hydrogen-bond donors (Lipinski definition) is 2. The zero-order valence-corrected chi connectivity index (χ0v) is 22.5. The Bertz CT molecular complexity index is 1820. The number of aromatic amines is 1. The second-order valence-corrected chi connectivity index (χ2v) is 10.8. The van der Waals surface area contributed by atoms with Gasteiger partial charge in [0.05, 0.1) is 23.1 Å². The normalized spacial score (nSPS) is 19.9. The lowest BCUT2D eigenvalue weighted by atomic mass is 9.85. The highest BCUT2D eigenvalue weighted by Gasteiger charge is 2.45. The number of nitrogens with two attached hydrogens (primary N) is 1. The molecule has 2 bridgehead atoms. The summed E-state index contributed by atoms with van der Waals surface area (Å²) in [5.41, 5.74) is 9.97. The molecule has 5 aromatic rings. The standard InChI is InChI=1S/C29H25F2N9O2/c1-14(41)24-25(17-8-20-3-4-21(9-17)39(20)29(42)27-34-13-35-38-27)37-28-22(12-36-40(28)26(24)32)15-2-5-23(33-11-15)16-6-18(30)10-19(31)7-16/h2,5-7,10-13,17,20-21H,3-4,8-9,32H2,1H3,(H,34,35,38)/t17?,20-,21+. The molecule has 1 unspecified atom stereocenters. The molecule has 212 valence electrons. The highest BCUT2D eigenvalue weighted by Crippen LogP contribution is 2.45. The minimum atomic E-state index is -0.686. The molecule has 4 aromatic heterocycles. The number of fused-ring (bicyclic) bond motifs is 3. The molecule has 0 saturated carbocycles. The highest BCUT2D eigenvalue weighted by molar-refractivity contribution is 6.00. The maximum Gasteiger partial charge on any atom is 0.291 e. The number of anilines is 1. The Kier molecular flexibility index (Phi) is 6.03. The molecule has 0 spiro atoms. The van der Waals surface area contributed by atoms with Crippen molar-refractivity contribution in [3.05, 3.63) is 77.8 Å². The first kappa shape index (κ1) is 25.9. The van der Waals surface area contributed by atoms with Gasteiger partial charge in [-0.25, -0.2) is 18.7 Å². The van der Waals surface area contributed by atoms with E-state index in [4.69, 9.17) is 10.7 Å². The van der Waals surface area contributed by atoms with Crippen molar-refractivity contribution in [2.24, 2.45) is 0 Å². The molecule has 1 amide bonds. The van der Waals surface area contributed by atoms with E-state index in [0.717, 1.165) is 18.9 Å². The fourth-order valence-electron chi connectivity index (χ4n) is 6.48. The number of nitrogens with zero attached hydrogens (tertiary/aromatic N) is 7. The predicted octanol–water partition coefficient (Wildman–Crippen LogP) is 4.19. The molecular formula is C29H25F2N9O2. The van der Waals surface area contributed by atoms with Gasteiger partial charge < -0.3 is 10.6 Å². The zero-order chi connectivity index (χ0) is 29.1. The van der Waals surface area contributed by atoms with Crippen molar-refractivity contribution >= 4 is 23.2 Å². The summed E-state index contributed by atoms with van der Waals surface area (Å²) in [5, 5.41) is 10.9. The third-order valence-electron chi connectivity index (χ3n) is 8.27. The topological polar surface area (TPSA) is 148 Å². The number of pyridine rings is 1. The van der Waals surface area contributed by atoms with E-state index >= 15 is 0 Å². The van der Waals surface area contributed by atoms with Gasteiger partial charge in [-0.3, -0.25) is 19.7 Å². The van der Waals surface area contributed by atoms with Gasteiger partial charge in [-0.1, -0.05) is 6.07 Å². The first-order valence-electron chi connectivity index (χ1n) is 13.6. The molecule has 2 aliphatic rings. The molecule has 2 saturated heterocycles. The molecule has 13 heteroatoms. The third kappa shape index (κ3) is 4.19. The zero-order valence-electron chi connectivity index (χ0n) is 22.5. The molecule has 3 N–H and O–H groups in total. The van der Waals surface area contributed by atoms with Crippen LogP contribution in [0.15, 0.2) is 49.1 Å². The van der Waals surface area contributed by atoms with Gasteiger partial charge in [0.15, 0.2) is 11.4 Å². The summed E-state index contributed by atoms with van der Waals surface area (Å²) in [6.07, 6.45) is 7.45. The molecule has 11 nitrogen and oxygen atoms in total. The number of H-pyrrole nitrogens is 1. The van der Waals surface area contributed by atoms with Crippen LogP contribution in [0.4, 0.5) is 14.6 Å². The van der Waals surface area contributed by atoms with Crippen LogP contribution in [0, 0.1) is 11.6 Å². The van der Waals surface area contributed by atoms with Crippen molar-refractivity contribution in [2.45, 2.75) is 50.6 Å². The smallest absolute Gasteiger partial charge is 0.291 e. The van der Waals surface area contributed by atoms with Gasteiger partial charge >= 0.3 is 0 Å². The molecule has 2 fully saturated rings. The molecule has 2 aliphatic heterocycles. The molecule has 6 heterocycles. The first-order chi connectivity index (χ1) is 20.3. The quantitative estimate of drug-likeness (QED) is 0.300. The molecule has 0 radical (unpaired) electrons. The number of hydrogen-bond acceptors (Lipinski definition) is 8. The highest BCUT2D eigenvalue weighted by atomic mass is 19.1. The monoisotopic (exact) mass is 569 g/mol. The lowest BCUT2D eigenvalue weighted by Gasteiger charge is -2.38. The van der Waals surface area contributed by atoms with E-state index in [9.17, 15) is 18.4 Å². The maximum absolute atomic E-state index is 13.7. The van der Waals surface area contributed by atoms with Gasteiger partial charge in [-0.15, -0.1) is 0 Å². The fraction of sp³-hybridized carbons (Fsp3) is 0.276. The first-order valence-corrected chi connectivity index (χ1v) is 13.6. The Balaban J connectivity index is 1.25. The van der Waals surface area contributed by atoms with E-state index < -0.39 is 11.6 Å². The summed E-state index contributed by atoms with van der Waals surface area (Å²) in [6, 6.07) is 6.63. The Morgan fingerprint density at radius 3 is 2.36 bits per heavy atom. The fourth-order valence-corrected chi connectivity index (χ4v) is 6.48. The third-order valence-corrected chi connectivity index (χ3v) is 8.27. The van der Waals surface area contributed by atoms with Gasteiger partial charge in [0, 0.05) is 47.0 Å². The van der Waals surface area contributed by atoms with E-state index in [1.54, 1.807) is 24.5 Å². The molecule has 3 atom stereocenters. The average Bonchev–Trinajstić information content (AvgIpc) is 3.70. The number of carbonyl (C=O) groups excluding carboxylic acids is 2. The predicted molar refractivity (Wildman–Crippen MR) is 147 cm³/mol. The van der Waals surface area contributed by atoms with E-state index in [-0.39, 0.29) is 41.3 Å². The molecule has 0 aliphatic carbocycles. The van der Waals surface area contributed by atoms with Crippen LogP contribution in [0.25, 0.3) is 28.0 Å². The molecule has 42 heavy (non-hydrogen) atoms. The number of carbonyl (C=O) groups is 2. The van der Waals surface area contributed by atoms with Crippen molar-refractivity contribution in [2.75, 3.05) is 5.73 Å². The van der Waals surface area contributed by atoms with Crippen molar-refractivity contribution in [1.82, 2.24) is 39.7 Å². The van der Waals surface area contributed by atoms with Gasteiger partial charge in [-0.05, 0) is 50.8 Å². The summed E-state index contributed by atoms with van der Waals surface area (Å²) in [7, 11) is 0. The van der Waals surface area contributed by atoms with Crippen LogP contribution in [0.2, 0.25) is 0 Å². The SMILES string of the molecule is CC(=O)c1c(C2C[C@H]3CC[C@@H](C2)N3C(=O)c2ncn[nH]2)nc2c(-c3ccc(-c4cc(F)cc(F)c4)nc3)cnn2c1N. The Labute approximate surface area is 237 Å². The lowest BCUT2D eigenvalue weighted by molar-refractivity contribution is 0.0556. The summed E-state index contributed by atoms with van der Waals surface area (Å²) in [4.78, 5) is 41.3. The van der Waals surface area contributed by atoms with Crippen LogP contribution < -0.4 is 5.73 Å². The summed E-state index contributed by atoms with van der Waals surface area (Å²) >= 11 is 0. The van der Waals surface area contributed by atoms with E-state index in [2.05, 4.69) is 25.3 Å². The Morgan fingerprint density at radius 1 is 1.00 bits per heavy atom. The summed E-state index contributed by atoms with van der Waals surface area (Å²) < 4.78 is 28.9. The number of aromatic nitrogens is 7. The molecule has 1 aromatic carbocycles. The van der Waals surface area contributed by atoms with Crippen LogP contribution in [0.5, 0.6) is 0 Å². The molecular weight excluding hydrogens is 544 g/mol. The molecule has 7 rings (SSSR count). The van der Waals surface area contributed by atoms with Crippen LogP contribution >= 0.6 is 0 Å². The van der Waals surface area contributed by atoms with Crippen LogP contribution in [-0.2, 0) is 0 Å². The van der Waals surface area contributed by atoms with Crippen molar-refractivity contribution in [1.29, 1.82) is 0 Å². The maximum atomic E-state index is 13.7. The minimum absolute atomic E-state index is 0.0285. The number of piperidine rings is 1. The van der Waals surface area contributed by atoms with E-state index in [1.807, 2.05) is 4.90 Å². The number of rotatable bonds is 5. The van der Waals surface area contributed by atoms with Gasteiger partial charge in [0.2, 0.25) is 5.82 Å². The minimum Gasteiger partial charge on any atom is -0.383 e. The summed E-state index contributed by atoms with van der Waals surface area (Å²) in [5.74, 6) is -1.45. The Hall–Kier alpha value is -5.07. The van der Waals surface area contributed by atoms with Crippen molar-refractivity contribution in [3.8, 4) is 22.4 Å². The number of Topliss-reactive ketones (excluding diaryl/α,β-unsaturated/α-hetero) is 1. The van der Waals surface area contributed by atoms with E-state index in [1.165, 1.54) is 29.9 Å². The second-order valence-electron chi connectivity index (χ2n) is 10.8. The Morgan fingerprint density at radius 2 is 1.74 bits per heavy atom. The van der Waals surface area contributed by atoms with Crippen molar-refractivity contribution in [3.63, 3.8) is 0 Å². The van der Waals surface area contributed by atoms with Crippen molar-refractivity contribution < 1.29 is 18.4 Å². The van der Waals surface area contributed by atoms with Crippen LogP contribution in [-0.4, -0.2) is 63.4 Å². The number of ketones is 1. The number of amides is 1. The number of nitrogen functional groups attached to an aromatic ring is 1. The van der Waals surface area contributed by atoms with Gasteiger partial charge in [0.25, 0.3) is 5.91 Å². The van der Waals surface area contributed by atoms with E-state index in [0.29, 0.717) is 52.1 Å². The number of benzene rings is 1. The van der Waals surface area contributed by atoms with Gasteiger partial charge in [0.1, 0.15) is 23.8 Å². The second kappa shape index (κ2) is 9.79. The van der Waals surface area contributed by atoms with Crippen LogP contribution in [0.3, 0.4) is 0 Å². The lowest BCUT2D eigenvalue weighted by Crippen LogP contribution is -2.46.